The molecule has 2 aromatic carbocycles. The average molecular weight is 347 g/mol. The SMILES string of the molecule is CC(C)N=c1nc(-c2ccc3ccccc3c2)n(-c2cncnc2)s1. The van der Waals surface area contributed by atoms with Crippen molar-refractivity contribution in [3.8, 4) is 17.1 Å². The highest BCUT2D eigenvalue weighted by molar-refractivity contribution is 7.04. The molecule has 5 nitrogen and oxygen atoms in total. The van der Waals surface area contributed by atoms with Gasteiger partial charge in [-0.2, -0.15) is 4.98 Å². The van der Waals surface area contributed by atoms with E-state index in [2.05, 4.69) is 45.3 Å². The average Bonchev–Trinajstić information content (AvgIpc) is 3.05. The lowest BCUT2D eigenvalue weighted by molar-refractivity contribution is 0.801. The van der Waals surface area contributed by atoms with Gasteiger partial charge in [0.2, 0.25) is 4.80 Å². The first-order valence-electron chi connectivity index (χ1n) is 8.09. The van der Waals surface area contributed by atoms with Gasteiger partial charge in [-0.05, 0) is 42.2 Å². The maximum Gasteiger partial charge on any atom is 0.223 e. The van der Waals surface area contributed by atoms with Gasteiger partial charge in [0.1, 0.15) is 6.33 Å². The van der Waals surface area contributed by atoms with E-state index in [0.717, 1.165) is 21.9 Å². The summed E-state index contributed by atoms with van der Waals surface area (Å²) in [4.78, 5) is 18.4. The number of benzene rings is 2. The summed E-state index contributed by atoms with van der Waals surface area (Å²) in [7, 11) is 0. The maximum absolute atomic E-state index is 4.76. The van der Waals surface area contributed by atoms with Crippen molar-refractivity contribution >= 4 is 22.3 Å². The molecule has 0 bridgehead atoms. The monoisotopic (exact) mass is 347 g/mol. The zero-order valence-corrected chi connectivity index (χ0v) is 14.8. The minimum atomic E-state index is 0.191. The molecule has 124 valence electrons. The maximum atomic E-state index is 4.76. The number of hydrogen-bond acceptors (Lipinski definition) is 5. The van der Waals surface area contributed by atoms with Gasteiger partial charge < -0.3 is 0 Å². The van der Waals surface area contributed by atoms with Crippen LogP contribution < -0.4 is 4.80 Å². The highest BCUT2D eigenvalue weighted by Crippen LogP contribution is 2.25. The Morgan fingerprint density at radius 2 is 1.76 bits per heavy atom. The summed E-state index contributed by atoms with van der Waals surface area (Å²) in [5.41, 5.74) is 1.93. The lowest BCUT2D eigenvalue weighted by Gasteiger charge is -2.06. The molecule has 0 aliphatic heterocycles. The molecule has 2 aromatic heterocycles. The van der Waals surface area contributed by atoms with E-state index >= 15 is 0 Å². The van der Waals surface area contributed by atoms with Crippen LogP contribution in [0.2, 0.25) is 0 Å². The predicted octanol–water partition coefficient (Wildman–Crippen LogP) is 3.85. The smallest absolute Gasteiger partial charge is 0.223 e. The fraction of sp³-hybridized carbons (Fsp3) is 0.158. The molecule has 2 heterocycles. The molecular weight excluding hydrogens is 330 g/mol. The molecule has 0 spiro atoms. The molecule has 0 saturated heterocycles. The van der Waals surface area contributed by atoms with E-state index in [1.165, 1.54) is 28.6 Å². The van der Waals surface area contributed by atoms with Crippen LogP contribution in [-0.2, 0) is 0 Å². The van der Waals surface area contributed by atoms with Crippen LogP contribution in [0.3, 0.4) is 0 Å². The van der Waals surface area contributed by atoms with E-state index in [-0.39, 0.29) is 6.04 Å². The van der Waals surface area contributed by atoms with Crippen LogP contribution in [0.1, 0.15) is 13.8 Å². The molecule has 4 aromatic rings. The first-order chi connectivity index (χ1) is 12.2. The normalized spacial score (nSPS) is 12.2. The van der Waals surface area contributed by atoms with Crippen LogP contribution in [0.5, 0.6) is 0 Å². The number of hydrogen-bond donors (Lipinski definition) is 0. The summed E-state index contributed by atoms with van der Waals surface area (Å²) in [6.07, 6.45) is 5.10. The Morgan fingerprint density at radius 3 is 2.52 bits per heavy atom. The summed E-state index contributed by atoms with van der Waals surface area (Å²) in [6.45, 7) is 4.10. The van der Waals surface area contributed by atoms with Crippen LogP contribution in [0.25, 0.3) is 27.8 Å². The van der Waals surface area contributed by atoms with Crippen LogP contribution in [0, 0.1) is 0 Å². The second-order valence-corrected chi connectivity index (χ2v) is 6.90. The molecular formula is C19H17N5S. The molecule has 0 aliphatic carbocycles. The van der Waals surface area contributed by atoms with Crippen LogP contribution in [-0.4, -0.2) is 25.0 Å². The van der Waals surface area contributed by atoms with Gasteiger partial charge >= 0.3 is 0 Å². The summed E-state index contributed by atoms with van der Waals surface area (Å²) >= 11 is 1.50. The second kappa shape index (κ2) is 6.57. The van der Waals surface area contributed by atoms with Gasteiger partial charge in [-0.25, -0.2) is 13.9 Å². The Hall–Kier alpha value is -2.86. The Kier molecular flexibility index (Phi) is 4.11. The van der Waals surface area contributed by atoms with Crippen molar-refractivity contribution in [3.05, 3.63) is 66.0 Å². The highest BCUT2D eigenvalue weighted by Gasteiger charge is 2.12. The van der Waals surface area contributed by atoms with Crippen LogP contribution >= 0.6 is 11.5 Å². The minimum Gasteiger partial charge on any atom is -0.253 e. The van der Waals surface area contributed by atoms with E-state index in [1.807, 2.05) is 29.9 Å². The summed E-state index contributed by atoms with van der Waals surface area (Å²) in [6, 6.07) is 14.9. The number of rotatable bonds is 3. The summed E-state index contributed by atoms with van der Waals surface area (Å²) in [5, 5.41) is 2.40. The van der Waals surface area contributed by atoms with Gasteiger partial charge in [-0.1, -0.05) is 36.4 Å². The van der Waals surface area contributed by atoms with Gasteiger partial charge in [0.25, 0.3) is 0 Å². The third kappa shape index (κ3) is 3.21. The first-order valence-corrected chi connectivity index (χ1v) is 8.87. The number of fused-ring (bicyclic) bond motifs is 1. The number of aromatic nitrogens is 4. The molecule has 25 heavy (non-hydrogen) atoms. The van der Waals surface area contributed by atoms with Crippen molar-refractivity contribution in [2.75, 3.05) is 0 Å². The Morgan fingerprint density at radius 1 is 1.00 bits per heavy atom. The van der Waals surface area contributed by atoms with Gasteiger partial charge in [-0.15, -0.1) is 0 Å². The quantitative estimate of drug-likeness (QED) is 0.565. The van der Waals surface area contributed by atoms with E-state index in [9.17, 15) is 0 Å². The van der Waals surface area contributed by atoms with Gasteiger partial charge in [0.05, 0.1) is 18.1 Å². The molecule has 0 saturated carbocycles. The zero-order valence-electron chi connectivity index (χ0n) is 14.0. The highest BCUT2D eigenvalue weighted by atomic mass is 32.1. The topological polar surface area (TPSA) is 56.0 Å². The fourth-order valence-corrected chi connectivity index (χ4v) is 3.62. The van der Waals surface area contributed by atoms with E-state index in [0.29, 0.717) is 0 Å². The Bertz CT molecular complexity index is 1080. The molecule has 0 fully saturated rings. The molecule has 0 radical (unpaired) electrons. The van der Waals surface area contributed by atoms with Gasteiger partial charge in [-0.3, -0.25) is 4.99 Å². The molecule has 0 amide bonds. The van der Waals surface area contributed by atoms with Gasteiger partial charge in [0, 0.05) is 11.6 Å². The zero-order chi connectivity index (χ0) is 17.2. The number of nitrogens with zero attached hydrogens (tertiary/aromatic N) is 5. The third-order valence-corrected chi connectivity index (χ3v) is 4.65. The molecule has 4 rings (SSSR count). The van der Waals surface area contributed by atoms with E-state index in [4.69, 9.17) is 4.98 Å². The lowest BCUT2D eigenvalue weighted by atomic mass is 10.1. The van der Waals surface area contributed by atoms with Crippen LogP contribution in [0.4, 0.5) is 0 Å². The second-order valence-electron chi connectivity index (χ2n) is 5.99. The van der Waals surface area contributed by atoms with Crippen molar-refractivity contribution in [2.24, 2.45) is 4.99 Å². The molecule has 0 unspecified atom stereocenters. The fourth-order valence-electron chi connectivity index (χ4n) is 2.64. The molecule has 0 atom stereocenters. The summed E-state index contributed by atoms with van der Waals surface area (Å²) < 4.78 is 2.03. The predicted molar refractivity (Wildman–Crippen MR) is 101 cm³/mol. The van der Waals surface area contributed by atoms with E-state index in [1.54, 1.807) is 12.4 Å². The van der Waals surface area contributed by atoms with Crippen molar-refractivity contribution < 1.29 is 0 Å². The molecule has 6 heteroatoms. The molecule has 0 aliphatic rings. The Balaban J connectivity index is 1.94. The van der Waals surface area contributed by atoms with Crippen molar-refractivity contribution in [2.45, 2.75) is 19.9 Å². The third-order valence-electron chi connectivity index (χ3n) is 3.72. The van der Waals surface area contributed by atoms with Crippen molar-refractivity contribution in [1.82, 2.24) is 18.9 Å². The van der Waals surface area contributed by atoms with Crippen LogP contribution in [0.15, 0.2) is 66.2 Å². The lowest BCUT2D eigenvalue weighted by Crippen LogP contribution is -2.03. The summed E-state index contributed by atoms with van der Waals surface area (Å²) in [5.74, 6) is 0.852. The first kappa shape index (κ1) is 15.7. The van der Waals surface area contributed by atoms with Gasteiger partial charge in [0.15, 0.2) is 5.82 Å². The van der Waals surface area contributed by atoms with Crippen molar-refractivity contribution in [3.63, 3.8) is 0 Å². The molecule has 0 N–H and O–H groups in total. The van der Waals surface area contributed by atoms with E-state index < -0.39 is 0 Å². The standard InChI is InChI=1S/C19H17N5S/c1-13(2)22-19-23-18(24(25-19)17-10-20-12-21-11-17)16-8-7-14-5-3-4-6-15(14)9-16/h3-13H,1-2H3. The Labute approximate surface area is 149 Å². The largest absolute Gasteiger partial charge is 0.253 e. The van der Waals surface area contributed by atoms with Crippen molar-refractivity contribution in [1.29, 1.82) is 0 Å². The minimum absolute atomic E-state index is 0.191.